The van der Waals surface area contributed by atoms with Crippen LogP contribution >= 0.6 is 0 Å². The van der Waals surface area contributed by atoms with E-state index in [-0.39, 0.29) is 13.2 Å². The Labute approximate surface area is 163 Å². The monoisotopic (exact) mass is 382 g/mol. The number of nitrogens with one attached hydrogen (secondary N) is 1. The molecule has 0 unspecified atom stereocenters. The van der Waals surface area contributed by atoms with E-state index in [1.807, 2.05) is 37.3 Å². The first kappa shape index (κ1) is 19.4. The van der Waals surface area contributed by atoms with Gasteiger partial charge in [0.15, 0.2) is 0 Å². The van der Waals surface area contributed by atoms with Crippen molar-refractivity contribution in [3.63, 3.8) is 0 Å². The molecule has 7 nitrogen and oxygen atoms in total. The Morgan fingerprint density at radius 2 is 1.82 bits per heavy atom. The number of hydrogen-bond acceptors (Lipinski definition) is 5. The van der Waals surface area contributed by atoms with Gasteiger partial charge < -0.3 is 14.8 Å². The molecule has 0 spiro atoms. The van der Waals surface area contributed by atoms with Crippen molar-refractivity contribution in [2.24, 2.45) is 0 Å². The van der Waals surface area contributed by atoms with E-state index in [9.17, 15) is 14.4 Å². The van der Waals surface area contributed by atoms with Crippen molar-refractivity contribution in [1.29, 1.82) is 0 Å². The molecular formula is C21H22N2O5. The molecule has 1 atom stereocenters. The lowest BCUT2D eigenvalue weighted by atomic mass is 9.92. The van der Waals surface area contributed by atoms with Crippen LogP contribution in [-0.4, -0.2) is 42.6 Å². The van der Waals surface area contributed by atoms with Gasteiger partial charge in [-0.2, -0.15) is 0 Å². The molecule has 0 saturated carbocycles. The molecule has 0 aliphatic carbocycles. The van der Waals surface area contributed by atoms with Crippen molar-refractivity contribution >= 4 is 17.9 Å². The van der Waals surface area contributed by atoms with Crippen molar-refractivity contribution in [3.05, 3.63) is 65.7 Å². The fraction of sp³-hybridized carbons (Fsp3) is 0.286. The fourth-order valence-electron chi connectivity index (χ4n) is 3.00. The summed E-state index contributed by atoms with van der Waals surface area (Å²) in [6.45, 7) is 3.32. The van der Waals surface area contributed by atoms with Gasteiger partial charge in [0, 0.05) is 0 Å². The SMILES string of the molecule is Cc1cccc(OCCOC(=O)CN2C(=O)N[C@@](C)(c3ccccc3)C2=O)c1. The number of imide groups is 1. The lowest BCUT2D eigenvalue weighted by molar-refractivity contribution is -0.148. The van der Waals surface area contributed by atoms with Gasteiger partial charge in [0.1, 0.15) is 31.0 Å². The molecule has 1 saturated heterocycles. The molecule has 2 aromatic carbocycles. The number of amides is 3. The van der Waals surface area contributed by atoms with Crippen LogP contribution in [0, 0.1) is 6.92 Å². The zero-order valence-electron chi connectivity index (χ0n) is 15.8. The summed E-state index contributed by atoms with van der Waals surface area (Å²) in [4.78, 5) is 37.9. The number of esters is 1. The molecule has 3 amide bonds. The highest BCUT2D eigenvalue weighted by Gasteiger charge is 2.49. The van der Waals surface area contributed by atoms with Crippen LogP contribution in [0.5, 0.6) is 5.75 Å². The number of ether oxygens (including phenoxy) is 2. The van der Waals surface area contributed by atoms with E-state index in [4.69, 9.17) is 9.47 Å². The third-order valence-electron chi connectivity index (χ3n) is 4.52. The first-order valence-electron chi connectivity index (χ1n) is 8.95. The quantitative estimate of drug-likeness (QED) is 0.452. The number of nitrogens with zero attached hydrogens (tertiary/aromatic N) is 1. The molecule has 3 rings (SSSR count). The molecule has 1 fully saturated rings. The lowest BCUT2D eigenvalue weighted by Crippen LogP contribution is -2.41. The first-order chi connectivity index (χ1) is 13.4. The second-order valence-corrected chi connectivity index (χ2v) is 6.70. The van der Waals surface area contributed by atoms with Gasteiger partial charge in [-0.1, -0.05) is 42.5 Å². The largest absolute Gasteiger partial charge is 0.490 e. The molecule has 1 aliphatic rings. The van der Waals surface area contributed by atoms with Gasteiger partial charge >= 0.3 is 12.0 Å². The number of hydrogen-bond donors (Lipinski definition) is 1. The minimum absolute atomic E-state index is 0.0202. The Kier molecular flexibility index (Phi) is 5.63. The van der Waals surface area contributed by atoms with Crippen LogP contribution in [0.3, 0.4) is 0 Å². The predicted molar refractivity (Wildman–Crippen MR) is 102 cm³/mol. The van der Waals surface area contributed by atoms with Gasteiger partial charge in [-0.05, 0) is 37.1 Å². The summed E-state index contributed by atoms with van der Waals surface area (Å²) < 4.78 is 10.6. The summed E-state index contributed by atoms with van der Waals surface area (Å²) in [5.41, 5.74) is 0.512. The highest BCUT2D eigenvalue weighted by Crippen LogP contribution is 2.28. The Morgan fingerprint density at radius 3 is 2.54 bits per heavy atom. The summed E-state index contributed by atoms with van der Waals surface area (Å²) >= 11 is 0. The van der Waals surface area contributed by atoms with Crippen LogP contribution < -0.4 is 10.1 Å². The van der Waals surface area contributed by atoms with Crippen molar-refractivity contribution in [3.8, 4) is 5.75 Å². The van der Waals surface area contributed by atoms with Gasteiger partial charge in [-0.3, -0.25) is 14.5 Å². The van der Waals surface area contributed by atoms with E-state index >= 15 is 0 Å². The topological polar surface area (TPSA) is 84.9 Å². The Morgan fingerprint density at radius 1 is 1.07 bits per heavy atom. The maximum Gasteiger partial charge on any atom is 0.326 e. The zero-order valence-corrected chi connectivity index (χ0v) is 15.8. The van der Waals surface area contributed by atoms with E-state index in [1.54, 1.807) is 31.2 Å². The number of carbonyl (C=O) groups is 3. The van der Waals surface area contributed by atoms with Crippen LogP contribution in [0.4, 0.5) is 4.79 Å². The summed E-state index contributed by atoms with van der Waals surface area (Å²) in [7, 11) is 0. The van der Waals surface area contributed by atoms with E-state index in [0.717, 1.165) is 10.5 Å². The average molecular weight is 382 g/mol. The van der Waals surface area contributed by atoms with Gasteiger partial charge in [0.2, 0.25) is 0 Å². The summed E-state index contributed by atoms with van der Waals surface area (Å²) in [5.74, 6) is -0.478. The molecular weight excluding hydrogens is 360 g/mol. The number of carbonyl (C=O) groups excluding carboxylic acids is 3. The van der Waals surface area contributed by atoms with Gasteiger partial charge in [0.25, 0.3) is 5.91 Å². The zero-order chi connectivity index (χ0) is 20.1. The molecule has 0 radical (unpaired) electrons. The molecule has 146 valence electrons. The second-order valence-electron chi connectivity index (χ2n) is 6.70. The summed E-state index contributed by atoms with van der Waals surface area (Å²) in [5, 5.41) is 2.65. The van der Waals surface area contributed by atoms with Gasteiger partial charge in [-0.25, -0.2) is 4.79 Å². The first-order valence-corrected chi connectivity index (χ1v) is 8.95. The number of rotatable bonds is 7. The van der Waals surface area contributed by atoms with E-state index in [1.165, 1.54) is 0 Å². The maximum absolute atomic E-state index is 12.7. The van der Waals surface area contributed by atoms with Crippen molar-refractivity contribution in [1.82, 2.24) is 10.2 Å². The van der Waals surface area contributed by atoms with Crippen molar-refractivity contribution in [2.45, 2.75) is 19.4 Å². The molecule has 7 heteroatoms. The third kappa shape index (κ3) is 4.14. The minimum atomic E-state index is -1.20. The molecule has 1 heterocycles. The molecule has 1 N–H and O–H groups in total. The number of urea groups is 1. The number of benzene rings is 2. The van der Waals surface area contributed by atoms with Crippen molar-refractivity contribution < 1.29 is 23.9 Å². The highest BCUT2D eigenvalue weighted by atomic mass is 16.6. The Hall–Kier alpha value is -3.35. The molecule has 0 bridgehead atoms. The van der Waals surface area contributed by atoms with Gasteiger partial charge in [0.05, 0.1) is 0 Å². The predicted octanol–water partition coefficient (Wildman–Crippen LogP) is 2.38. The van der Waals surface area contributed by atoms with E-state index < -0.39 is 30.0 Å². The number of aryl methyl sites for hydroxylation is 1. The van der Waals surface area contributed by atoms with Crippen LogP contribution in [-0.2, 0) is 19.9 Å². The van der Waals surface area contributed by atoms with Crippen LogP contribution in [0.1, 0.15) is 18.1 Å². The third-order valence-corrected chi connectivity index (χ3v) is 4.52. The summed E-state index contributed by atoms with van der Waals surface area (Å²) in [6, 6.07) is 15.8. The standard InChI is InChI=1S/C21H22N2O5/c1-15-7-6-10-17(13-15)27-11-12-28-18(24)14-23-19(25)21(2,22-20(23)26)16-8-4-3-5-9-16/h3-10,13H,11-12,14H2,1-2H3,(H,22,26)/t21-/m0/s1. The van der Waals surface area contributed by atoms with Crippen LogP contribution in [0.25, 0.3) is 0 Å². The van der Waals surface area contributed by atoms with E-state index in [2.05, 4.69) is 5.32 Å². The normalized spacial score (nSPS) is 18.7. The van der Waals surface area contributed by atoms with Crippen LogP contribution in [0.2, 0.25) is 0 Å². The second kappa shape index (κ2) is 8.12. The van der Waals surface area contributed by atoms with Crippen molar-refractivity contribution in [2.75, 3.05) is 19.8 Å². The van der Waals surface area contributed by atoms with Gasteiger partial charge in [-0.15, -0.1) is 0 Å². The molecule has 28 heavy (non-hydrogen) atoms. The molecule has 2 aromatic rings. The maximum atomic E-state index is 12.7. The minimum Gasteiger partial charge on any atom is -0.490 e. The lowest BCUT2D eigenvalue weighted by Gasteiger charge is -2.21. The highest BCUT2D eigenvalue weighted by molar-refractivity contribution is 6.08. The van der Waals surface area contributed by atoms with Crippen LogP contribution in [0.15, 0.2) is 54.6 Å². The van der Waals surface area contributed by atoms with E-state index in [0.29, 0.717) is 11.3 Å². The Bertz CT molecular complexity index is 883. The smallest absolute Gasteiger partial charge is 0.326 e. The molecule has 0 aromatic heterocycles. The Balaban J connectivity index is 1.51. The average Bonchev–Trinajstić information content (AvgIpc) is 2.90. The summed E-state index contributed by atoms with van der Waals surface area (Å²) in [6.07, 6.45) is 0. The fourth-order valence-corrected chi connectivity index (χ4v) is 3.00. The molecule has 1 aliphatic heterocycles.